The molecule has 2 aromatic carbocycles. The summed E-state index contributed by atoms with van der Waals surface area (Å²) >= 11 is 7.53. The average molecular weight is 441 g/mol. The standard InChI is InChI=1S/C22H21ClN4O2S/c1-4-13(2)15-5-8-17(9-6-15)27-21(28)18-11-16(23)7-10-19(18)25-22(27)30-12-20-24-14(3)29-26-20/h5-11,13H,4,12H2,1-3H3. The van der Waals surface area contributed by atoms with Crippen LogP contribution >= 0.6 is 23.4 Å². The molecule has 0 amide bonds. The van der Waals surface area contributed by atoms with Gasteiger partial charge in [0.05, 0.1) is 22.3 Å². The van der Waals surface area contributed by atoms with Gasteiger partial charge in [0, 0.05) is 11.9 Å². The smallest absolute Gasteiger partial charge is 0.266 e. The topological polar surface area (TPSA) is 73.8 Å². The van der Waals surface area contributed by atoms with Crippen LogP contribution in [0, 0.1) is 6.92 Å². The van der Waals surface area contributed by atoms with Crippen molar-refractivity contribution >= 4 is 34.3 Å². The summed E-state index contributed by atoms with van der Waals surface area (Å²) in [5, 5.41) is 5.48. The van der Waals surface area contributed by atoms with Crippen molar-refractivity contribution in [1.29, 1.82) is 0 Å². The molecule has 2 heterocycles. The molecular formula is C22H21ClN4O2S. The summed E-state index contributed by atoms with van der Waals surface area (Å²) in [6.45, 7) is 6.09. The number of aromatic nitrogens is 4. The van der Waals surface area contributed by atoms with Crippen LogP contribution in [0.15, 0.2) is 56.9 Å². The number of benzene rings is 2. The molecule has 0 fully saturated rings. The van der Waals surface area contributed by atoms with E-state index < -0.39 is 0 Å². The van der Waals surface area contributed by atoms with Crippen LogP contribution in [-0.2, 0) is 5.75 Å². The van der Waals surface area contributed by atoms with Gasteiger partial charge in [-0.2, -0.15) is 4.98 Å². The van der Waals surface area contributed by atoms with Crippen LogP contribution in [0.25, 0.3) is 16.6 Å². The lowest BCUT2D eigenvalue weighted by Crippen LogP contribution is -2.22. The zero-order valence-electron chi connectivity index (χ0n) is 16.9. The van der Waals surface area contributed by atoms with E-state index in [1.807, 2.05) is 12.1 Å². The molecule has 0 bridgehead atoms. The van der Waals surface area contributed by atoms with Crippen molar-refractivity contribution < 1.29 is 4.52 Å². The third-order valence-corrected chi connectivity index (χ3v) is 6.20. The normalized spacial score (nSPS) is 12.4. The predicted octanol–water partition coefficient (Wildman–Crippen LogP) is 5.54. The number of nitrogens with zero attached hydrogens (tertiary/aromatic N) is 4. The zero-order valence-corrected chi connectivity index (χ0v) is 18.5. The molecule has 0 saturated carbocycles. The van der Waals surface area contributed by atoms with E-state index in [-0.39, 0.29) is 5.56 Å². The molecule has 1 unspecified atom stereocenters. The summed E-state index contributed by atoms with van der Waals surface area (Å²) in [5.74, 6) is 1.96. The highest BCUT2D eigenvalue weighted by Crippen LogP contribution is 2.26. The monoisotopic (exact) mass is 440 g/mol. The van der Waals surface area contributed by atoms with Crippen LogP contribution in [0.1, 0.15) is 43.5 Å². The van der Waals surface area contributed by atoms with Gasteiger partial charge < -0.3 is 4.52 Å². The molecule has 0 aliphatic rings. The molecule has 0 spiro atoms. The Morgan fingerprint density at radius 2 is 1.93 bits per heavy atom. The first-order valence-corrected chi connectivity index (χ1v) is 11.1. The molecule has 0 radical (unpaired) electrons. The van der Waals surface area contributed by atoms with Gasteiger partial charge in [0.15, 0.2) is 11.0 Å². The van der Waals surface area contributed by atoms with Crippen molar-refractivity contribution in [3.05, 3.63) is 75.1 Å². The first-order chi connectivity index (χ1) is 14.5. The van der Waals surface area contributed by atoms with Gasteiger partial charge >= 0.3 is 0 Å². The van der Waals surface area contributed by atoms with E-state index >= 15 is 0 Å². The molecule has 0 N–H and O–H groups in total. The van der Waals surface area contributed by atoms with Crippen LogP contribution in [-0.4, -0.2) is 19.7 Å². The van der Waals surface area contributed by atoms with E-state index in [9.17, 15) is 4.79 Å². The van der Waals surface area contributed by atoms with Crippen molar-refractivity contribution in [3.8, 4) is 5.69 Å². The maximum atomic E-state index is 13.4. The number of aryl methyl sites for hydroxylation is 1. The molecule has 0 aliphatic carbocycles. The van der Waals surface area contributed by atoms with E-state index in [2.05, 4.69) is 36.1 Å². The lowest BCUT2D eigenvalue weighted by molar-refractivity contribution is 0.389. The molecule has 154 valence electrons. The van der Waals surface area contributed by atoms with Crippen LogP contribution in [0.3, 0.4) is 0 Å². The highest BCUT2D eigenvalue weighted by molar-refractivity contribution is 7.98. The summed E-state index contributed by atoms with van der Waals surface area (Å²) in [7, 11) is 0. The summed E-state index contributed by atoms with van der Waals surface area (Å²) in [6, 6.07) is 13.2. The number of fused-ring (bicyclic) bond motifs is 1. The van der Waals surface area contributed by atoms with Gasteiger partial charge in [-0.05, 0) is 48.2 Å². The van der Waals surface area contributed by atoms with Gasteiger partial charge in [0.25, 0.3) is 5.56 Å². The molecule has 6 nitrogen and oxygen atoms in total. The highest BCUT2D eigenvalue weighted by Gasteiger charge is 2.16. The molecule has 0 saturated heterocycles. The lowest BCUT2D eigenvalue weighted by Gasteiger charge is -2.14. The number of rotatable bonds is 6. The summed E-state index contributed by atoms with van der Waals surface area (Å²) in [4.78, 5) is 22.4. The minimum atomic E-state index is -0.161. The van der Waals surface area contributed by atoms with E-state index in [4.69, 9.17) is 21.1 Å². The predicted molar refractivity (Wildman–Crippen MR) is 120 cm³/mol. The highest BCUT2D eigenvalue weighted by atomic mass is 35.5. The third-order valence-electron chi connectivity index (χ3n) is 5.03. The van der Waals surface area contributed by atoms with Crippen molar-refractivity contribution in [3.63, 3.8) is 0 Å². The van der Waals surface area contributed by atoms with E-state index in [1.54, 1.807) is 29.7 Å². The molecule has 1 atom stereocenters. The van der Waals surface area contributed by atoms with Gasteiger partial charge in [0.1, 0.15) is 0 Å². The summed E-state index contributed by atoms with van der Waals surface area (Å²) in [6.07, 6.45) is 1.06. The Kier molecular flexibility index (Phi) is 5.92. The van der Waals surface area contributed by atoms with Gasteiger partial charge in [-0.1, -0.05) is 54.5 Å². The quantitative estimate of drug-likeness (QED) is 0.289. The van der Waals surface area contributed by atoms with E-state index in [0.717, 1.165) is 12.1 Å². The third kappa shape index (κ3) is 4.13. The minimum Gasteiger partial charge on any atom is -0.340 e. The van der Waals surface area contributed by atoms with Crippen molar-refractivity contribution in [2.75, 3.05) is 0 Å². The molecule has 30 heavy (non-hydrogen) atoms. The fraction of sp³-hybridized carbons (Fsp3) is 0.273. The van der Waals surface area contributed by atoms with Gasteiger partial charge in [0.2, 0.25) is 5.89 Å². The Hall–Kier alpha value is -2.64. The second-order valence-corrected chi connectivity index (χ2v) is 8.49. The molecule has 4 rings (SSSR count). The Morgan fingerprint density at radius 3 is 2.60 bits per heavy atom. The Labute approximate surface area is 183 Å². The number of halogens is 1. The maximum absolute atomic E-state index is 13.4. The molecule has 0 aliphatic heterocycles. The Morgan fingerprint density at radius 1 is 1.17 bits per heavy atom. The van der Waals surface area contributed by atoms with Gasteiger partial charge in [-0.3, -0.25) is 9.36 Å². The van der Waals surface area contributed by atoms with E-state index in [0.29, 0.717) is 44.5 Å². The van der Waals surface area contributed by atoms with Crippen LogP contribution in [0.4, 0.5) is 0 Å². The van der Waals surface area contributed by atoms with Crippen LogP contribution in [0.5, 0.6) is 0 Å². The van der Waals surface area contributed by atoms with Gasteiger partial charge in [-0.25, -0.2) is 4.98 Å². The Bertz CT molecular complexity index is 1250. The van der Waals surface area contributed by atoms with Crippen molar-refractivity contribution in [2.45, 2.75) is 44.0 Å². The lowest BCUT2D eigenvalue weighted by atomic mass is 9.98. The minimum absolute atomic E-state index is 0.161. The molecule has 4 aromatic rings. The number of hydrogen-bond acceptors (Lipinski definition) is 6. The van der Waals surface area contributed by atoms with E-state index in [1.165, 1.54) is 17.3 Å². The summed E-state index contributed by atoms with van der Waals surface area (Å²) < 4.78 is 6.66. The fourth-order valence-corrected chi connectivity index (χ4v) is 4.21. The zero-order chi connectivity index (χ0) is 21.3. The van der Waals surface area contributed by atoms with Crippen molar-refractivity contribution in [2.24, 2.45) is 0 Å². The molecule has 2 aromatic heterocycles. The number of hydrogen-bond donors (Lipinski definition) is 0. The first-order valence-electron chi connectivity index (χ1n) is 9.71. The van der Waals surface area contributed by atoms with Crippen molar-refractivity contribution in [1.82, 2.24) is 19.7 Å². The maximum Gasteiger partial charge on any atom is 0.266 e. The molecule has 8 heteroatoms. The molecular weight excluding hydrogens is 420 g/mol. The van der Waals surface area contributed by atoms with Crippen LogP contribution in [0.2, 0.25) is 5.02 Å². The first kappa shape index (κ1) is 20.6. The van der Waals surface area contributed by atoms with Crippen LogP contribution < -0.4 is 5.56 Å². The van der Waals surface area contributed by atoms with Gasteiger partial charge in [-0.15, -0.1) is 0 Å². The largest absolute Gasteiger partial charge is 0.340 e. The second kappa shape index (κ2) is 8.62. The SMILES string of the molecule is CCC(C)c1ccc(-n2c(SCc3noc(C)n3)nc3ccc(Cl)cc3c2=O)cc1. The second-order valence-electron chi connectivity index (χ2n) is 7.12. The Balaban J connectivity index is 1.82. The summed E-state index contributed by atoms with van der Waals surface area (Å²) in [5.41, 5.74) is 2.44. The number of thioether (sulfide) groups is 1. The fourth-order valence-electron chi connectivity index (χ4n) is 3.18. The average Bonchev–Trinajstić information content (AvgIpc) is 3.17.